The van der Waals surface area contributed by atoms with Crippen LogP contribution in [-0.2, 0) is 4.79 Å². The van der Waals surface area contributed by atoms with Crippen LogP contribution in [0.5, 0.6) is 0 Å². The number of carbonyl (C=O) groups is 1. The van der Waals surface area contributed by atoms with Crippen molar-refractivity contribution in [3.8, 4) is 0 Å². The Morgan fingerprint density at radius 3 is 2.32 bits per heavy atom. The Balaban J connectivity index is 1.91. The molecular formula is C18H18N2OS. The minimum absolute atomic E-state index is 0.259. The first-order chi connectivity index (χ1) is 10.5. The van der Waals surface area contributed by atoms with Gasteiger partial charge in [0.25, 0.3) is 0 Å². The van der Waals surface area contributed by atoms with Crippen molar-refractivity contribution >= 4 is 35.0 Å². The molecule has 2 aromatic carbocycles. The maximum atomic E-state index is 11.8. The molecule has 22 heavy (non-hydrogen) atoms. The van der Waals surface area contributed by atoms with Crippen LogP contribution in [0.1, 0.15) is 16.7 Å². The maximum absolute atomic E-state index is 11.8. The van der Waals surface area contributed by atoms with Crippen LogP contribution in [0, 0.1) is 13.8 Å². The van der Waals surface area contributed by atoms with Gasteiger partial charge in [0.1, 0.15) is 0 Å². The van der Waals surface area contributed by atoms with Crippen LogP contribution in [0.15, 0.2) is 54.6 Å². The average molecular weight is 310 g/mol. The summed E-state index contributed by atoms with van der Waals surface area (Å²) in [6, 6.07) is 15.7. The van der Waals surface area contributed by atoms with Gasteiger partial charge in [-0.25, -0.2) is 0 Å². The molecule has 0 saturated heterocycles. The molecule has 1 amide bonds. The molecule has 2 N–H and O–H groups in total. The third kappa shape index (κ3) is 5.14. The van der Waals surface area contributed by atoms with Crippen LogP contribution in [-0.4, -0.2) is 11.0 Å². The fraction of sp³-hybridized carbons (Fsp3) is 0.111. The standard InChI is InChI=1S/C18H18N2OS/c1-13-10-14(2)12-16(11-13)19-18(22)20-17(21)9-8-15-6-4-3-5-7-15/h3-12H,1-2H3,(H2,19,20,21,22)/b9-8+. The molecule has 0 spiro atoms. The molecule has 0 aromatic heterocycles. The van der Waals surface area contributed by atoms with E-state index in [1.54, 1.807) is 6.08 Å². The number of thiocarbonyl (C=S) groups is 1. The number of amides is 1. The summed E-state index contributed by atoms with van der Waals surface area (Å²) in [5.74, 6) is -0.259. The number of benzene rings is 2. The summed E-state index contributed by atoms with van der Waals surface area (Å²) in [7, 11) is 0. The zero-order valence-electron chi connectivity index (χ0n) is 12.6. The lowest BCUT2D eigenvalue weighted by molar-refractivity contribution is -0.115. The molecule has 0 unspecified atom stereocenters. The normalized spacial score (nSPS) is 10.5. The quantitative estimate of drug-likeness (QED) is 0.669. The highest BCUT2D eigenvalue weighted by molar-refractivity contribution is 7.80. The Bertz CT molecular complexity index is 688. The van der Waals surface area contributed by atoms with Crippen LogP contribution in [0.2, 0.25) is 0 Å². The third-order valence-corrected chi connectivity index (χ3v) is 3.15. The summed E-state index contributed by atoms with van der Waals surface area (Å²) in [5, 5.41) is 5.94. The molecule has 4 heteroatoms. The average Bonchev–Trinajstić information content (AvgIpc) is 2.45. The number of aryl methyl sites for hydroxylation is 2. The van der Waals surface area contributed by atoms with Crippen molar-refractivity contribution in [2.24, 2.45) is 0 Å². The van der Waals surface area contributed by atoms with Crippen molar-refractivity contribution < 1.29 is 4.79 Å². The van der Waals surface area contributed by atoms with Gasteiger partial charge in [-0.05, 0) is 61.0 Å². The predicted octanol–water partition coefficient (Wildman–Crippen LogP) is 3.83. The first-order valence-electron chi connectivity index (χ1n) is 6.96. The molecule has 0 atom stereocenters. The Labute approximate surface area is 136 Å². The fourth-order valence-corrected chi connectivity index (χ4v) is 2.32. The number of hydrogen-bond acceptors (Lipinski definition) is 2. The van der Waals surface area contributed by atoms with Gasteiger partial charge in [0.2, 0.25) is 5.91 Å². The predicted molar refractivity (Wildman–Crippen MR) is 95.8 cm³/mol. The highest BCUT2D eigenvalue weighted by Crippen LogP contribution is 2.13. The Morgan fingerprint density at radius 1 is 1.05 bits per heavy atom. The Hall–Kier alpha value is -2.46. The zero-order valence-corrected chi connectivity index (χ0v) is 13.4. The van der Waals surface area contributed by atoms with E-state index in [1.165, 1.54) is 6.08 Å². The summed E-state index contributed by atoms with van der Waals surface area (Å²) < 4.78 is 0. The molecule has 0 radical (unpaired) electrons. The van der Waals surface area contributed by atoms with Crippen molar-refractivity contribution in [3.05, 3.63) is 71.3 Å². The van der Waals surface area contributed by atoms with E-state index >= 15 is 0 Å². The molecular weight excluding hydrogens is 292 g/mol. The van der Waals surface area contributed by atoms with Gasteiger partial charge in [-0.2, -0.15) is 0 Å². The number of nitrogens with one attached hydrogen (secondary N) is 2. The van der Waals surface area contributed by atoms with Gasteiger partial charge in [0, 0.05) is 11.8 Å². The lowest BCUT2D eigenvalue weighted by Gasteiger charge is -2.09. The number of anilines is 1. The molecule has 3 nitrogen and oxygen atoms in total. The molecule has 0 fully saturated rings. The summed E-state index contributed by atoms with van der Waals surface area (Å²) in [6.45, 7) is 4.03. The lowest BCUT2D eigenvalue weighted by atomic mass is 10.1. The van der Waals surface area contributed by atoms with E-state index < -0.39 is 0 Å². The van der Waals surface area contributed by atoms with Gasteiger partial charge in [-0.1, -0.05) is 36.4 Å². The fourth-order valence-electron chi connectivity index (χ4n) is 2.10. The third-order valence-electron chi connectivity index (χ3n) is 2.94. The summed E-state index contributed by atoms with van der Waals surface area (Å²) in [5.41, 5.74) is 4.11. The van der Waals surface area contributed by atoms with Crippen molar-refractivity contribution in [2.75, 3.05) is 5.32 Å². The van der Waals surface area contributed by atoms with Gasteiger partial charge in [-0.3, -0.25) is 10.1 Å². The Morgan fingerprint density at radius 2 is 1.68 bits per heavy atom. The number of hydrogen-bond donors (Lipinski definition) is 2. The highest BCUT2D eigenvalue weighted by Gasteiger charge is 2.02. The minimum atomic E-state index is -0.259. The van der Waals surface area contributed by atoms with Crippen LogP contribution in [0.3, 0.4) is 0 Å². The topological polar surface area (TPSA) is 41.1 Å². The monoisotopic (exact) mass is 310 g/mol. The molecule has 112 valence electrons. The first-order valence-corrected chi connectivity index (χ1v) is 7.37. The van der Waals surface area contributed by atoms with Crippen LogP contribution in [0.4, 0.5) is 5.69 Å². The second-order valence-electron chi connectivity index (χ2n) is 5.06. The van der Waals surface area contributed by atoms with Gasteiger partial charge < -0.3 is 5.32 Å². The van der Waals surface area contributed by atoms with E-state index in [0.717, 1.165) is 22.4 Å². The van der Waals surface area contributed by atoms with E-state index in [-0.39, 0.29) is 11.0 Å². The van der Waals surface area contributed by atoms with Gasteiger partial charge in [-0.15, -0.1) is 0 Å². The van der Waals surface area contributed by atoms with E-state index in [9.17, 15) is 4.79 Å². The molecule has 2 aromatic rings. The molecule has 0 bridgehead atoms. The van der Waals surface area contributed by atoms with Gasteiger partial charge in [0.15, 0.2) is 5.11 Å². The van der Waals surface area contributed by atoms with Crippen molar-refractivity contribution in [3.63, 3.8) is 0 Å². The molecule has 0 aliphatic heterocycles. The number of rotatable bonds is 3. The van der Waals surface area contributed by atoms with Crippen LogP contribution in [0.25, 0.3) is 6.08 Å². The second-order valence-corrected chi connectivity index (χ2v) is 5.47. The van der Waals surface area contributed by atoms with Crippen LogP contribution < -0.4 is 10.6 Å². The van der Waals surface area contributed by atoms with E-state index in [0.29, 0.717) is 0 Å². The second kappa shape index (κ2) is 7.52. The first kappa shape index (κ1) is 15.9. The summed E-state index contributed by atoms with van der Waals surface area (Å²) in [4.78, 5) is 11.8. The van der Waals surface area contributed by atoms with Crippen molar-refractivity contribution in [1.29, 1.82) is 0 Å². The summed E-state index contributed by atoms with van der Waals surface area (Å²) in [6.07, 6.45) is 3.21. The molecule has 0 saturated carbocycles. The highest BCUT2D eigenvalue weighted by atomic mass is 32.1. The van der Waals surface area contributed by atoms with Crippen LogP contribution >= 0.6 is 12.2 Å². The van der Waals surface area contributed by atoms with Gasteiger partial charge in [0.05, 0.1) is 0 Å². The van der Waals surface area contributed by atoms with Crippen molar-refractivity contribution in [1.82, 2.24) is 5.32 Å². The molecule has 0 aliphatic rings. The maximum Gasteiger partial charge on any atom is 0.250 e. The van der Waals surface area contributed by atoms with Crippen molar-refractivity contribution in [2.45, 2.75) is 13.8 Å². The SMILES string of the molecule is Cc1cc(C)cc(NC(=S)NC(=O)/C=C/c2ccccc2)c1. The van der Waals surface area contributed by atoms with E-state index in [4.69, 9.17) is 12.2 Å². The summed E-state index contributed by atoms with van der Waals surface area (Å²) >= 11 is 5.15. The number of carbonyl (C=O) groups excluding carboxylic acids is 1. The lowest BCUT2D eigenvalue weighted by Crippen LogP contribution is -2.32. The molecule has 0 heterocycles. The minimum Gasteiger partial charge on any atom is -0.332 e. The molecule has 0 aliphatic carbocycles. The van der Waals surface area contributed by atoms with E-state index in [2.05, 4.69) is 16.7 Å². The zero-order chi connectivity index (χ0) is 15.9. The smallest absolute Gasteiger partial charge is 0.250 e. The van der Waals surface area contributed by atoms with E-state index in [1.807, 2.05) is 56.3 Å². The Kier molecular flexibility index (Phi) is 5.44. The largest absolute Gasteiger partial charge is 0.332 e. The van der Waals surface area contributed by atoms with Gasteiger partial charge >= 0.3 is 0 Å². The molecule has 2 rings (SSSR count).